The molecule has 0 aliphatic heterocycles. The quantitative estimate of drug-likeness (QED) is 0.681. The molecule has 0 radical (unpaired) electrons. The van der Waals surface area contributed by atoms with Gasteiger partial charge in [-0.25, -0.2) is 9.18 Å². The largest absolute Gasteiger partial charge is 0.478 e. The normalized spacial score (nSPS) is 10.5. The molecule has 0 aliphatic carbocycles. The van der Waals surface area contributed by atoms with E-state index in [4.69, 9.17) is 5.11 Å². The van der Waals surface area contributed by atoms with E-state index in [1.54, 1.807) is 41.9 Å². The lowest BCUT2D eigenvalue weighted by atomic mass is 10.1. The maximum absolute atomic E-state index is 13.8. The molecule has 0 spiro atoms. The molecular formula is C19H15FN2O3S. The Labute approximate surface area is 153 Å². The number of nitrogens with zero attached hydrogens (tertiary/aromatic N) is 1. The standard InChI is InChI=1S/C19H15FN2O3S/c20-16-4-2-1-3-14(16)12-5-6-13(21-9-12)7-8-18(23)22-17-11-26-10-15(17)19(24)25/h1-6,9-11H,7-8H2,(H,22,23)(H,24,25). The number of rotatable bonds is 6. The van der Waals surface area contributed by atoms with Gasteiger partial charge in [-0.1, -0.05) is 24.3 Å². The molecule has 132 valence electrons. The van der Waals surface area contributed by atoms with Gasteiger partial charge in [0.2, 0.25) is 5.91 Å². The minimum absolute atomic E-state index is 0.0794. The summed E-state index contributed by atoms with van der Waals surface area (Å²) in [7, 11) is 0. The third-order valence-electron chi connectivity index (χ3n) is 3.78. The van der Waals surface area contributed by atoms with E-state index in [1.807, 2.05) is 0 Å². The van der Waals surface area contributed by atoms with Gasteiger partial charge in [-0.3, -0.25) is 9.78 Å². The lowest BCUT2D eigenvalue weighted by Gasteiger charge is -2.06. The number of carboxylic acids is 1. The van der Waals surface area contributed by atoms with Gasteiger partial charge < -0.3 is 10.4 Å². The Morgan fingerprint density at radius 2 is 1.96 bits per heavy atom. The van der Waals surface area contributed by atoms with Crippen molar-refractivity contribution >= 4 is 28.9 Å². The van der Waals surface area contributed by atoms with E-state index in [1.165, 1.54) is 22.8 Å². The zero-order valence-corrected chi connectivity index (χ0v) is 14.4. The van der Waals surface area contributed by atoms with Crippen LogP contribution in [0.2, 0.25) is 0 Å². The van der Waals surface area contributed by atoms with Gasteiger partial charge in [0.25, 0.3) is 0 Å². The van der Waals surface area contributed by atoms with Crippen molar-refractivity contribution in [3.05, 3.63) is 70.4 Å². The molecule has 0 unspecified atom stereocenters. The summed E-state index contributed by atoms with van der Waals surface area (Å²) in [6, 6.07) is 9.97. The van der Waals surface area contributed by atoms with Crippen molar-refractivity contribution < 1.29 is 19.1 Å². The first-order valence-electron chi connectivity index (χ1n) is 7.84. The maximum atomic E-state index is 13.8. The first-order chi connectivity index (χ1) is 12.5. The van der Waals surface area contributed by atoms with E-state index in [9.17, 15) is 14.0 Å². The van der Waals surface area contributed by atoms with Crippen molar-refractivity contribution in [2.24, 2.45) is 0 Å². The van der Waals surface area contributed by atoms with E-state index < -0.39 is 5.97 Å². The summed E-state index contributed by atoms with van der Waals surface area (Å²) in [5.41, 5.74) is 2.22. The number of thiophene rings is 1. The highest BCUT2D eigenvalue weighted by Gasteiger charge is 2.13. The highest BCUT2D eigenvalue weighted by Crippen LogP contribution is 2.23. The third kappa shape index (κ3) is 4.12. The monoisotopic (exact) mass is 370 g/mol. The van der Waals surface area contributed by atoms with Crippen molar-refractivity contribution in [3.63, 3.8) is 0 Å². The summed E-state index contributed by atoms with van der Waals surface area (Å²) in [6.07, 6.45) is 2.14. The second kappa shape index (κ2) is 7.88. The first kappa shape index (κ1) is 17.8. The van der Waals surface area contributed by atoms with Crippen molar-refractivity contribution in [2.75, 3.05) is 5.32 Å². The van der Waals surface area contributed by atoms with Crippen LogP contribution in [0.3, 0.4) is 0 Å². The van der Waals surface area contributed by atoms with E-state index in [0.717, 1.165) is 0 Å². The van der Waals surface area contributed by atoms with E-state index >= 15 is 0 Å². The van der Waals surface area contributed by atoms with E-state index in [2.05, 4.69) is 10.3 Å². The van der Waals surface area contributed by atoms with Crippen LogP contribution in [0.1, 0.15) is 22.5 Å². The molecule has 0 bridgehead atoms. The number of carboxylic acid groups (broad SMARTS) is 1. The van der Waals surface area contributed by atoms with Crippen molar-refractivity contribution in [2.45, 2.75) is 12.8 Å². The summed E-state index contributed by atoms with van der Waals surface area (Å²) in [5, 5.41) is 14.7. The number of aromatic carboxylic acids is 1. The van der Waals surface area contributed by atoms with Gasteiger partial charge in [0.1, 0.15) is 5.82 Å². The maximum Gasteiger partial charge on any atom is 0.338 e. The number of nitrogens with one attached hydrogen (secondary N) is 1. The fraction of sp³-hybridized carbons (Fsp3) is 0.105. The summed E-state index contributed by atoms with van der Waals surface area (Å²) in [6.45, 7) is 0. The topological polar surface area (TPSA) is 79.3 Å². The van der Waals surface area contributed by atoms with Gasteiger partial charge in [0.15, 0.2) is 0 Å². The Balaban J connectivity index is 1.60. The molecule has 0 aliphatic rings. The second-order valence-corrected chi connectivity index (χ2v) is 6.31. The SMILES string of the molecule is O=C(CCc1ccc(-c2ccccc2F)cn1)Nc1cscc1C(=O)O. The Kier molecular flexibility index (Phi) is 5.38. The van der Waals surface area contributed by atoms with Crippen LogP contribution in [0.4, 0.5) is 10.1 Å². The van der Waals surface area contributed by atoms with Gasteiger partial charge >= 0.3 is 5.97 Å². The number of hydrogen-bond donors (Lipinski definition) is 2. The lowest BCUT2D eigenvalue weighted by Crippen LogP contribution is -2.14. The lowest BCUT2D eigenvalue weighted by molar-refractivity contribution is -0.116. The van der Waals surface area contributed by atoms with Crippen LogP contribution in [0.15, 0.2) is 53.4 Å². The molecule has 1 amide bonds. The molecule has 0 saturated heterocycles. The van der Waals surface area contributed by atoms with Gasteiger partial charge in [0.05, 0.1) is 11.3 Å². The number of carbonyl (C=O) groups excluding carboxylic acids is 1. The Morgan fingerprint density at radius 1 is 1.15 bits per heavy atom. The average Bonchev–Trinajstić information content (AvgIpc) is 3.09. The van der Waals surface area contributed by atoms with Crippen LogP contribution in [0.25, 0.3) is 11.1 Å². The predicted molar refractivity (Wildman–Crippen MR) is 97.9 cm³/mol. The molecule has 1 aromatic carbocycles. The molecular weight excluding hydrogens is 355 g/mol. The van der Waals surface area contributed by atoms with Crippen LogP contribution in [0, 0.1) is 5.82 Å². The third-order valence-corrected chi connectivity index (χ3v) is 4.53. The molecule has 3 aromatic rings. The Morgan fingerprint density at radius 3 is 2.65 bits per heavy atom. The number of aryl methyl sites for hydroxylation is 1. The van der Waals surface area contributed by atoms with Crippen LogP contribution in [-0.4, -0.2) is 22.0 Å². The Hall–Kier alpha value is -3.06. The highest BCUT2D eigenvalue weighted by molar-refractivity contribution is 7.08. The number of carbonyl (C=O) groups is 2. The number of hydrogen-bond acceptors (Lipinski definition) is 4. The number of anilines is 1. The minimum Gasteiger partial charge on any atom is -0.478 e. The molecule has 3 rings (SSSR count). The number of benzene rings is 1. The number of pyridine rings is 1. The van der Waals surface area contributed by atoms with Crippen molar-refractivity contribution in [1.29, 1.82) is 0 Å². The summed E-state index contributed by atoms with van der Waals surface area (Å²) >= 11 is 1.21. The van der Waals surface area contributed by atoms with Crippen LogP contribution in [0.5, 0.6) is 0 Å². The zero-order chi connectivity index (χ0) is 18.5. The Bertz CT molecular complexity index is 938. The fourth-order valence-corrected chi connectivity index (χ4v) is 3.19. The molecule has 2 N–H and O–H groups in total. The summed E-state index contributed by atoms with van der Waals surface area (Å²) in [5.74, 6) is -1.68. The average molecular weight is 370 g/mol. The van der Waals surface area contributed by atoms with E-state index in [0.29, 0.717) is 28.9 Å². The summed E-state index contributed by atoms with van der Waals surface area (Å²) in [4.78, 5) is 27.3. The molecule has 0 saturated carbocycles. The van der Waals surface area contributed by atoms with Crippen LogP contribution in [-0.2, 0) is 11.2 Å². The van der Waals surface area contributed by atoms with Gasteiger partial charge in [-0.05, 0) is 18.6 Å². The molecule has 26 heavy (non-hydrogen) atoms. The van der Waals surface area contributed by atoms with Gasteiger partial charge in [-0.15, -0.1) is 11.3 Å². The zero-order valence-electron chi connectivity index (χ0n) is 13.6. The van der Waals surface area contributed by atoms with Crippen molar-refractivity contribution in [1.82, 2.24) is 4.98 Å². The van der Waals surface area contributed by atoms with Crippen LogP contribution < -0.4 is 5.32 Å². The van der Waals surface area contributed by atoms with Gasteiger partial charge in [-0.2, -0.15) is 0 Å². The molecule has 2 aromatic heterocycles. The predicted octanol–water partition coefficient (Wildman–Crippen LogP) is 4.22. The minimum atomic E-state index is -1.08. The molecule has 7 heteroatoms. The number of aromatic nitrogens is 1. The first-order valence-corrected chi connectivity index (χ1v) is 8.78. The molecule has 0 atom stereocenters. The summed E-state index contributed by atoms with van der Waals surface area (Å²) < 4.78 is 13.8. The molecule has 2 heterocycles. The second-order valence-electron chi connectivity index (χ2n) is 5.57. The van der Waals surface area contributed by atoms with Crippen molar-refractivity contribution in [3.8, 4) is 11.1 Å². The van der Waals surface area contributed by atoms with Crippen LogP contribution >= 0.6 is 11.3 Å². The highest BCUT2D eigenvalue weighted by atomic mass is 32.1. The fourth-order valence-electron chi connectivity index (χ4n) is 2.44. The number of amides is 1. The molecule has 5 nitrogen and oxygen atoms in total. The molecule has 0 fully saturated rings. The van der Waals surface area contributed by atoms with Gasteiger partial charge in [0, 0.05) is 40.2 Å². The number of halogens is 1. The van der Waals surface area contributed by atoms with E-state index in [-0.39, 0.29) is 23.7 Å². The smallest absolute Gasteiger partial charge is 0.338 e.